The Bertz CT molecular complexity index is 725. The Labute approximate surface area is 121 Å². The third-order valence-corrected chi connectivity index (χ3v) is 3.88. The van der Waals surface area contributed by atoms with Gasteiger partial charge in [0.05, 0.1) is 10.9 Å². The van der Waals surface area contributed by atoms with Crippen molar-refractivity contribution in [1.29, 1.82) is 0 Å². The zero-order chi connectivity index (χ0) is 14.8. The minimum absolute atomic E-state index is 0.0127. The Hall–Kier alpha value is -2.21. The van der Waals surface area contributed by atoms with Gasteiger partial charge in [-0.2, -0.15) is 0 Å². The van der Waals surface area contributed by atoms with Crippen LogP contribution in [-0.4, -0.2) is 47.6 Å². The molecule has 0 aliphatic carbocycles. The Kier molecular flexibility index (Phi) is 3.70. The lowest BCUT2D eigenvalue weighted by molar-refractivity contribution is -0.134. The maximum absolute atomic E-state index is 12.1. The summed E-state index contributed by atoms with van der Waals surface area (Å²) in [6, 6.07) is 5.41. The Morgan fingerprint density at radius 3 is 3.24 bits per heavy atom. The summed E-state index contributed by atoms with van der Waals surface area (Å²) in [5, 5.41) is 0.589. The molecule has 0 bridgehead atoms. The van der Waals surface area contributed by atoms with E-state index in [-0.39, 0.29) is 24.0 Å². The second-order valence-corrected chi connectivity index (χ2v) is 5.25. The Morgan fingerprint density at radius 2 is 2.43 bits per heavy atom. The first-order valence-corrected chi connectivity index (χ1v) is 6.93. The topological polar surface area (TPSA) is 75.3 Å². The molecule has 1 aliphatic rings. The van der Waals surface area contributed by atoms with Crippen molar-refractivity contribution in [1.82, 2.24) is 14.9 Å². The van der Waals surface area contributed by atoms with E-state index < -0.39 is 0 Å². The summed E-state index contributed by atoms with van der Waals surface area (Å²) in [6.07, 6.45) is 2.51. The number of fused-ring (bicyclic) bond motifs is 1. The summed E-state index contributed by atoms with van der Waals surface area (Å²) in [7, 11) is 1.51. The molecule has 0 spiro atoms. The number of nitrogens with zero attached hydrogens (tertiary/aromatic N) is 2. The van der Waals surface area contributed by atoms with E-state index in [1.54, 1.807) is 23.2 Å². The number of aromatic nitrogens is 2. The van der Waals surface area contributed by atoms with E-state index in [9.17, 15) is 9.59 Å². The van der Waals surface area contributed by atoms with Gasteiger partial charge in [0.25, 0.3) is 5.56 Å². The lowest BCUT2D eigenvalue weighted by Gasteiger charge is -2.16. The standard InChI is InChI=1S/C15H17N3O3/c1-21-9-14(19)18-6-4-10(8-18)12-7-13-11(15(20)17-12)3-2-5-16-13/h2-3,5,7,10H,4,6,8-9H2,1H3,(H,17,20). The van der Waals surface area contributed by atoms with E-state index in [1.165, 1.54) is 7.11 Å². The monoisotopic (exact) mass is 287 g/mol. The van der Waals surface area contributed by atoms with Gasteiger partial charge in [-0.05, 0) is 24.6 Å². The number of amides is 1. The zero-order valence-electron chi connectivity index (χ0n) is 11.8. The van der Waals surface area contributed by atoms with Crippen LogP contribution in [0.3, 0.4) is 0 Å². The van der Waals surface area contributed by atoms with Gasteiger partial charge in [-0.15, -0.1) is 0 Å². The third-order valence-electron chi connectivity index (χ3n) is 3.88. The predicted octanol–water partition coefficient (Wildman–Crippen LogP) is 0.885. The number of ether oxygens (including phenoxy) is 1. The number of rotatable bonds is 3. The van der Waals surface area contributed by atoms with E-state index in [4.69, 9.17) is 4.74 Å². The molecule has 3 heterocycles. The summed E-state index contributed by atoms with van der Waals surface area (Å²) in [6.45, 7) is 1.40. The molecule has 0 saturated carbocycles. The summed E-state index contributed by atoms with van der Waals surface area (Å²) in [4.78, 5) is 32.8. The number of likely N-dealkylation sites (tertiary alicyclic amines) is 1. The molecule has 2 aromatic rings. The summed E-state index contributed by atoms with van der Waals surface area (Å²) in [5.74, 6) is 0.131. The molecule has 6 nitrogen and oxygen atoms in total. The molecule has 110 valence electrons. The molecular formula is C15H17N3O3. The highest BCUT2D eigenvalue weighted by atomic mass is 16.5. The van der Waals surface area contributed by atoms with Crippen molar-refractivity contribution in [3.05, 3.63) is 40.4 Å². The Balaban J connectivity index is 1.85. The van der Waals surface area contributed by atoms with Crippen molar-refractivity contribution in [3.8, 4) is 0 Å². The maximum atomic E-state index is 12.1. The molecule has 21 heavy (non-hydrogen) atoms. The molecule has 1 unspecified atom stereocenters. The van der Waals surface area contributed by atoms with Crippen LogP contribution in [0.25, 0.3) is 10.9 Å². The fourth-order valence-corrected chi connectivity index (χ4v) is 2.78. The van der Waals surface area contributed by atoms with E-state index in [0.29, 0.717) is 24.0 Å². The fraction of sp³-hybridized carbons (Fsp3) is 0.400. The van der Waals surface area contributed by atoms with E-state index >= 15 is 0 Å². The molecule has 1 aliphatic heterocycles. The second kappa shape index (κ2) is 5.65. The smallest absolute Gasteiger partial charge is 0.257 e. The van der Waals surface area contributed by atoms with Crippen molar-refractivity contribution < 1.29 is 9.53 Å². The number of pyridine rings is 2. The van der Waals surface area contributed by atoms with Gasteiger partial charge in [0.1, 0.15) is 6.61 Å². The van der Waals surface area contributed by atoms with Gasteiger partial charge < -0.3 is 14.6 Å². The van der Waals surface area contributed by atoms with Gasteiger partial charge >= 0.3 is 0 Å². The van der Waals surface area contributed by atoms with Gasteiger partial charge in [0, 0.05) is 38.0 Å². The first-order chi connectivity index (χ1) is 10.2. The molecular weight excluding hydrogens is 270 g/mol. The van der Waals surface area contributed by atoms with Crippen LogP contribution in [0.5, 0.6) is 0 Å². The predicted molar refractivity (Wildman–Crippen MR) is 78.2 cm³/mol. The lowest BCUT2D eigenvalue weighted by atomic mass is 10.0. The van der Waals surface area contributed by atoms with Crippen LogP contribution in [0.15, 0.2) is 29.2 Å². The van der Waals surface area contributed by atoms with Gasteiger partial charge in [0.15, 0.2) is 0 Å². The van der Waals surface area contributed by atoms with Crippen molar-refractivity contribution >= 4 is 16.8 Å². The molecule has 1 saturated heterocycles. The number of hydrogen-bond acceptors (Lipinski definition) is 4. The van der Waals surface area contributed by atoms with Crippen molar-refractivity contribution in [2.75, 3.05) is 26.8 Å². The minimum Gasteiger partial charge on any atom is -0.375 e. The lowest BCUT2D eigenvalue weighted by Crippen LogP contribution is -2.31. The number of methoxy groups -OCH3 is 1. The molecule has 2 aromatic heterocycles. The first-order valence-electron chi connectivity index (χ1n) is 6.93. The summed E-state index contributed by atoms with van der Waals surface area (Å²) in [5.41, 5.74) is 1.41. The summed E-state index contributed by atoms with van der Waals surface area (Å²) < 4.78 is 4.87. The quantitative estimate of drug-likeness (QED) is 0.909. The molecule has 0 radical (unpaired) electrons. The van der Waals surface area contributed by atoms with Crippen molar-refractivity contribution in [2.24, 2.45) is 0 Å². The van der Waals surface area contributed by atoms with Crippen LogP contribution >= 0.6 is 0 Å². The van der Waals surface area contributed by atoms with Crippen molar-refractivity contribution in [2.45, 2.75) is 12.3 Å². The molecule has 1 N–H and O–H groups in total. The largest absolute Gasteiger partial charge is 0.375 e. The van der Waals surface area contributed by atoms with Gasteiger partial charge in [-0.3, -0.25) is 14.6 Å². The normalized spacial score (nSPS) is 18.3. The maximum Gasteiger partial charge on any atom is 0.257 e. The molecule has 1 fully saturated rings. The van der Waals surface area contributed by atoms with Crippen LogP contribution in [0.1, 0.15) is 18.0 Å². The molecule has 3 rings (SSSR count). The Morgan fingerprint density at radius 1 is 1.57 bits per heavy atom. The number of nitrogens with one attached hydrogen (secondary N) is 1. The first kappa shape index (κ1) is 13.8. The molecule has 6 heteroatoms. The highest BCUT2D eigenvalue weighted by molar-refractivity contribution is 5.78. The van der Waals surface area contributed by atoms with E-state index in [1.807, 2.05) is 6.07 Å². The van der Waals surface area contributed by atoms with Crippen LogP contribution in [0.4, 0.5) is 0 Å². The second-order valence-electron chi connectivity index (χ2n) is 5.25. The zero-order valence-corrected chi connectivity index (χ0v) is 11.8. The SMILES string of the molecule is COCC(=O)N1CCC(c2cc3ncccc3c(=O)[nH]2)C1. The molecule has 1 atom stereocenters. The van der Waals surface area contributed by atoms with Crippen LogP contribution < -0.4 is 5.56 Å². The highest BCUT2D eigenvalue weighted by Crippen LogP contribution is 2.26. The average molecular weight is 287 g/mol. The number of H-pyrrole nitrogens is 1. The number of carbonyl (C=O) groups is 1. The highest BCUT2D eigenvalue weighted by Gasteiger charge is 2.28. The third kappa shape index (κ3) is 2.67. The average Bonchev–Trinajstić information content (AvgIpc) is 2.97. The minimum atomic E-state index is -0.128. The van der Waals surface area contributed by atoms with E-state index in [2.05, 4.69) is 9.97 Å². The number of hydrogen-bond donors (Lipinski definition) is 1. The fourth-order valence-electron chi connectivity index (χ4n) is 2.78. The van der Waals surface area contributed by atoms with Gasteiger partial charge in [0.2, 0.25) is 5.91 Å². The van der Waals surface area contributed by atoms with Crippen LogP contribution in [-0.2, 0) is 9.53 Å². The number of carbonyl (C=O) groups excluding carboxylic acids is 1. The number of aromatic amines is 1. The summed E-state index contributed by atoms with van der Waals surface area (Å²) >= 11 is 0. The van der Waals surface area contributed by atoms with Gasteiger partial charge in [-0.1, -0.05) is 0 Å². The van der Waals surface area contributed by atoms with Crippen molar-refractivity contribution in [3.63, 3.8) is 0 Å². The molecule has 1 amide bonds. The van der Waals surface area contributed by atoms with Gasteiger partial charge in [-0.25, -0.2) is 0 Å². The van der Waals surface area contributed by atoms with Crippen LogP contribution in [0.2, 0.25) is 0 Å². The van der Waals surface area contributed by atoms with Crippen LogP contribution in [0, 0.1) is 0 Å². The van der Waals surface area contributed by atoms with E-state index in [0.717, 1.165) is 12.1 Å². The molecule has 0 aromatic carbocycles.